The van der Waals surface area contributed by atoms with Gasteiger partial charge in [-0.2, -0.15) is 8.42 Å². The van der Waals surface area contributed by atoms with Crippen molar-refractivity contribution in [3.8, 4) is 5.75 Å². The highest BCUT2D eigenvalue weighted by molar-refractivity contribution is 8.07. The zero-order valence-corrected chi connectivity index (χ0v) is 15.3. The summed E-state index contributed by atoms with van der Waals surface area (Å²) in [5, 5.41) is 1.52. The first-order valence-electron chi connectivity index (χ1n) is 7.53. The summed E-state index contributed by atoms with van der Waals surface area (Å²) in [6, 6.07) is 11.7. The Morgan fingerprint density at radius 1 is 0.962 bits per heavy atom. The van der Waals surface area contributed by atoms with Crippen LogP contribution in [0.2, 0.25) is 0 Å². The maximum absolute atomic E-state index is 12.3. The van der Waals surface area contributed by atoms with Gasteiger partial charge < -0.3 is 15.0 Å². The first-order chi connectivity index (χ1) is 12.2. The number of hydrogen-bond donors (Lipinski definition) is 2. The number of urea groups is 1. The Bertz CT molecular complexity index is 908. The molecule has 8 nitrogen and oxygen atoms in total. The third kappa shape index (κ3) is 4.51. The summed E-state index contributed by atoms with van der Waals surface area (Å²) in [7, 11) is 0.238. The zero-order chi connectivity index (χ0) is 19.3. The molecule has 0 aliphatic rings. The van der Waals surface area contributed by atoms with Gasteiger partial charge in [-0.05, 0) is 36.4 Å². The molecule has 0 fully saturated rings. The summed E-state index contributed by atoms with van der Waals surface area (Å²) >= 11 is 0. The topological polar surface area (TPSA) is 105 Å². The SMILES string of the molecule is COc1ccccc1C(=O)S(=O)(=O)Nc1ccc(NC(=O)N(C)C)cc1. The van der Waals surface area contributed by atoms with Crippen LogP contribution in [-0.2, 0) is 10.0 Å². The van der Waals surface area contributed by atoms with Crippen LogP contribution < -0.4 is 14.8 Å². The Labute approximate surface area is 151 Å². The highest BCUT2D eigenvalue weighted by atomic mass is 32.2. The maximum Gasteiger partial charge on any atom is 0.321 e. The zero-order valence-electron chi connectivity index (χ0n) is 14.5. The van der Waals surface area contributed by atoms with Gasteiger partial charge in [-0.3, -0.25) is 9.52 Å². The molecule has 0 heterocycles. The standard InChI is InChI=1S/C17H19N3O5S/c1-20(2)17(22)18-12-8-10-13(11-9-12)19-26(23,24)16(21)14-6-4-5-7-15(14)25-3/h4-11,19H,1-3H3,(H,18,22). The smallest absolute Gasteiger partial charge is 0.321 e. The molecular weight excluding hydrogens is 358 g/mol. The van der Waals surface area contributed by atoms with Crippen LogP contribution in [0.5, 0.6) is 5.75 Å². The predicted octanol–water partition coefficient (Wildman–Crippen LogP) is 2.37. The van der Waals surface area contributed by atoms with E-state index in [9.17, 15) is 18.0 Å². The average molecular weight is 377 g/mol. The molecule has 26 heavy (non-hydrogen) atoms. The molecule has 2 amide bonds. The number of nitrogens with one attached hydrogen (secondary N) is 2. The second-order valence-electron chi connectivity index (χ2n) is 5.50. The van der Waals surface area contributed by atoms with Crippen molar-refractivity contribution in [2.75, 3.05) is 31.2 Å². The summed E-state index contributed by atoms with van der Waals surface area (Å²) in [4.78, 5) is 25.3. The number of carbonyl (C=O) groups excluding carboxylic acids is 2. The molecule has 2 rings (SSSR count). The molecule has 0 aliphatic carbocycles. The van der Waals surface area contributed by atoms with Gasteiger partial charge in [-0.1, -0.05) is 12.1 Å². The molecule has 0 bridgehead atoms. The van der Waals surface area contributed by atoms with Crippen molar-refractivity contribution in [2.45, 2.75) is 0 Å². The predicted molar refractivity (Wildman–Crippen MR) is 99.0 cm³/mol. The van der Waals surface area contributed by atoms with Crippen LogP contribution >= 0.6 is 0 Å². The maximum atomic E-state index is 12.3. The molecule has 0 aliphatic heterocycles. The normalized spacial score (nSPS) is 10.7. The molecule has 0 spiro atoms. The molecule has 2 aromatic carbocycles. The fourth-order valence-electron chi connectivity index (χ4n) is 2.02. The third-order valence-corrected chi connectivity index (χ3v) is 4.58. The number of anilines is 2. The van der Waals surface area contributed by atoms with E-state index in [0.717, 1.165) is 0 Å². The molecule has 2 aromatic rings. The van der Waals surface area contributed by atoms with Crippen LogP contribution in [0.4, 0.5) is 16.2 Å². The van der Waals surface area contributed by atoms with Gasteiger partial charge in [0, 0.05) is 25.5 Å². The molecule has 138 valence electrons. The van der Waals surface area contributed by atoms with Gasteiger partial charge in [0.1, 0.15) is 5.75 Å². The van der Waals surface area contributed by atoms with E-state index in [1.165, 1.54) is 48.4 Å². The van der Waals surface area contributed by atoms with Crippen LogP contribution in [0, 0.1) is 0 Å². The molecule has 0 saturated heterocycles. The average Bonchev–Trinajstić information content (AvgIpc) is 2.62. The highest BCUT2D eigenvalue weighted by Gasteiger charge is 2.26. The summed E-state index contributed by atoms with van der Waals surface area (Å²) in [6.07, 6.45) is 0. The monoisotopic (exact) mass is 377 g/mol. The Hall–Kier alpha value is -3.07. The lowest BCUT2D eigenvalue weighted by molar-refractivity contribution is 0.107. The van der Waals surface area contributed by atoms with E-state index in [-0.39, 0.29) is 23.0 Å². The van der Waals surface area contributed by atoms with Gasteiger partial charge in [0.15, 0.2) is 0 Å². The van der Waals surface area contributed by atoms with Crippen molar-refractivity contribution in [3.05, 3.63) is 54.1 Å². The number of amides is 2. The Morgan fingerprint density at radius 3 is 2.12 bits per heavy atom. The van der Waals surface area contributed by atoms with Crippen LogP contribution in [0.1, 0.15) is 10.4 Å². The van der Waals surface area contributed by atoms with E-state index < -0.39 is 15.1 Å². The number of methoxy groups -OCH3 is 1. The quantitative estimate of drug-likeness (QED) is 0.832. The van der Waals surface area contributed by atoms with Crippen LogP contribution in [0.15, 0.2) is 48.5 Å². The largest absolute Gasteiger partial charge is 0.496 e. The van der Waals surface area contributed by atoms with E-state index >= 15 is 0 Å². The van der Waals surface area contributed by atoms with Crippen molar-refractivity contribution < 1.29 is 22.7 Å². The lowest BCUT2D eigenvalue weighted by Crippen LogP contribution is -2.27. The van der Waals surface area contributed by atoms with Gasteiger partial charge >= 0.3 is 21.2 Å². The number of hydrogen-bond acceptors (Lipinski definition) is 5. The van der Waals surface area contributed by atoms with E-state index in [2.05, 4.69) is 10.0 Å². The lowest BCUT2D eigenvalue weighted by atomic mass is 10.2. The van der Waals surface area contributed by atoms with E-state index in [1.807, 2.05) is 0 Å². The van der Waals surface area contributed by atoms with E-state index in [4.69, 9.17) is 4.74 Å². The van der Waals surface area contributed by atoms with Crippen molar-refractivity contribution in [1.29, 1.82) is 0 Å². The summed E-state index contributed by atoms with van der Waals surface area (Å²) in [5.74, 6) is 0.171. The number of ether oxygens (including phenoxy) is 1. The van der Waals surface area contributed by atoms with Crippen LogP contribution in [0.3, 0.4) is 0 Å². The minimum atomic E-state index is -4.31. The molecule has 0 saturated carbocycles. The van der Waals surface area contributed by atoms with Crippen molar-refractivity contribution in [2.24, 2.45) is 0 Å². The first-order valence-corrected chi connectivity index (χ1v) is 9.01. The molecule has 0 aromatic heterocycles. The number of para-hydroxylation sites is 1. The van der Waals surface area contributed by atoms with Crippen molar-refractivity contribution in [3.63, 3.8) is 0 Å². The minimum absolute atomic E-state index is 0.0580. The van der Waals surface area contributed by atoms with Crippen molar-refractivity contribution >= 4 is 32.5 Å². The second-order valence-corrected chi connectivity index (χ2v) is 7.08. The number of sulfonamides is 1. The third-order valence-electron chi connectivity index (χ3n) is 3.37. The summed E-state index contributed by atoms with van der Waals surface area (Å²) in [5.41, 5.74) is 0.621. The molecular formula is C17H19N3O5S. The van der Waals surface area contributed by atoms with Gasteiger partial charge in [0.05, 0.1) is 12.7 Å². The lowest BCUT2D eigenvalue weighted by Gasteiger charge is -2.13. The molecule has 9 heteroatoms. The van der Waals surface area contributed by atoms with Crippen molar-refractivity contribution in [1.82, 2.24) is 4.90 Å². The molecule has 0 radical (unpaired) electrons. The van der Waals surface area contributed by atoms with Gasteiger partial charge in [0.25, 0.3) is 0 Å². The van der Waals surface area contributed by atoms with Gasteiger partial charge in [-0.25, -0.2) is 4.79 Å². The number of nitrogens with zero attached hydrogens (tertiary/aromatic N) is 1. The molecule has 0 atom stereocenters. The second kappa shape index (κ2) is 7.87. The van der Waals surface area contributed by atoms with Crippen LogP contribution in [0.25, 0.3) is 0 Å². The van der Waals surface area contributed by atoms with Gasteiger partial charge in [-0.15, -0.1) is 0 Å². The summed E-state index contributed by atoms with van der Waals surface area (Å²) in [6.45, 7) is 0. The Kier molecular flexibility index (Phi) is 5.83. The van der Waals surface area contributed by atoms with Crippen LogP contribution in [-0.4, -0.2) is 45.7 Å². The minimum Gasteiger partial charge on any atom is -0.496 e. The highest BCUT2D eigenvalue weighted by Crippen LogP contribution is 2.22. The van der Waals surface area contributed by atoms with E-state index in [0.29, 0.717) is 5.69 Å². The Morgan fingerprint density at radius 2 is 1.54 bits per heavy atom. The fraction of sp³-hybridized carbons (Fsp3) is 0.176. The first kappa shape index (κ1) is 19.3. The molecule has 0 unspecified atom stereocenters. The number of benzene rings is 2. The molecule has 2 N–H and O–H groups in total. The van der Waals surface area contributed by atoms with Gasteiger partial charge in [0.2, 0.25) is 0 Å². The summed E-state index contributed by atoms with van der Waals surface area (Å²) < 4.78 is 31.9. The Balaban J connectivity index is 2.16. The van der Waals surface area contributed by atoms with E-state index in [1.54, 1.807) is 26.2 Å². The fourth-order valence-corrected chi connectivity index (χ4v) is 3.01. The number of rotatable bonds is 5. The number of carbonyl (C=O) groups is 2.